The first-order chi connectivity index (χ1) is 37.4. The number of anilines is 3. The van der Waals surface area contributed by atoms with Gasteiger partial charge in [-0.15, -0.1) is 0 Å². The molecule has 4 amide bonds. The molecule has 5 aromatic rings. The first-order valence-corrected chi connectivity index (χ1v) is 28.9. The minimum Gasteiger partial charge on any atom is -0.492 e. The summed E-state index contributed by atoms with van der Waals surface area (Å²) in [6.45, 7) is 12.1. The minimum absolute atomic E-state index is 0.0750. The van der Waals surface area contributed by atoms with Crippen LogP contribution >= 0.6 is 0 Å². The Bertz CT molecular complexity index is 3080. The quantitative estimate of drug-likeness (QED) is 0.0621. The molecule has 21 nitrogen and oxygen atoms in total. The third-order valence-electron chi connectivity index (χ3n) is 16.0. The molecule has 2 unspecified atom stereocenters. The highest BCUT2D eigenvalue weighted by atomic mass is 32.2. The zero-order valence-electron chi connectivity index (χ0n) is 45.8. The van der Waals surface area contributed by atoms with Crippen LogP contribution in [0.2, 0.25) is 0 Å². The first-order valence-electron chi connectivity index (χ1n) is 27.4. The molecule has 5 heterocycles. The lowest BCUT2D eigenvalue weighted by molar-refractivity contribution is -0.144. The van der Waals surface area contributed by atoms with Gasteiger partial charge >= 0.3 is 6.09 Å². The lowest BCUT2D eigenvalue weighted by atomic mass is 9.83. The number of nitrogens with one attached hydrogen (secondary N) is 5. The van der Waals surface area contributed by atoms with Crippen molar-refractivity contribution in [1.29, 1.82) is 0 Å². The Morgan fingerprint density at radius 3 is 2.36 bits per heavy atom. The second-order valence-electron chi connectivity index (χ2n) is 22.2. The lowest BCUT2D eigenvalue weighted by Gasteiger charge is -2.35. The van der Waals surface area contributed by atoms with Gasteiger partial charge in [-0.1, -0.05) is 43.5 Å². The zero-order chi connectivity index (χ0) is 55.3. The van der Waals surface area contributed by atoms with Gasteiger partial charge in [0.2, 0.25) is 17.8 Å². The number of piperidine rings is 1. The number of likely N-dealkylation sites (tertiary alicyclic amines) is 1. The molecule has 2 aromatic carbocycles. The van der Waals surface area contributed by atoms with E-state index in [-0.39, 0.29) is 47.4 Å². The summed E-state index contributed by atoms with van der Waals surface area (Å²) in [5.74, 6) is 1.09. The van der Waals surface area contributed by atoms with Gasteiger partial charge in [-0.05, 0) is 122 Å². The van der Waals surface area contributed by atoms with Gasteiger partial charge < -0.3 is 45.3 Å². The first kappa shape index (κ1) is 55.6. The van der Waals surface area contributed by atoms with Gasteiger partial charge in [-0.3, -0.25) is 19.5 Å². The van der Waals surface area contributed by atoms with Gasteiger partial charge in [0.1, 0.15) is 41.0 Å². The summed E-state index contributed by atoms with van der Waals surface area (Å²) in [5, 5.41) is 19.6. The van der Waals surface area contributed by atoms with E-state index in [0.29, 0.717) is 66.3 Å². The van der Waals surface area contributed by atoms with Crippen LogP contribution in [0.25, 0.3) is 10.9 Å². The summed E-state index contributed by atoms with van der Waals surface area (Å²) in [6.07, 6.45) is 11.7. The highest BCUT2D eigenvalue weighted by Crippen LogP contribution is 2.39. The number of aromatic amines is 1. The van der Waals surface area contributed by atoms with E-state index in [9.17, 15) is 27.6 Å². The molecule has 0 radical (unpaired) electrons. The van der Waals surface area contributed by atoms with Gasteiger partial charge in [0.15, 0.2) is 27.5 Å². The summed E-state index contributed by atoms with van der Waals surface area (Å²) >= 11 is 0. The van der Waals surface area contributed by atoms with Gasteiger partial charge in [-0.2, -0.15) is 5.10 Å². The van der Waals surface area contributed by atoms with Gasteiger partial charge in [0.05, 0.1) is 41.9 Å². The number of alkyl carbamates (subject to hydrolysis) is 1. The van der Waals surface area contributed by atoms with Crippen LogP contribution in [0.15, 0.2) is 60.0 Å². The number of H-pyrrole nitrogens is 1. The fourth-order valence-electron chi connectivity index (χ4n) is 11.1. The summed E-state index contributed by atoms with van der Waals surface area (Å²) < 4.78 is 45.1. The number of ether oxygens (including phenoxy) is 3. The van der Waals surface area contributed by atoms with E-state index in [1.807, 2.05) is 32.0 Å². The average Bonchev–Trinajstić information content (AvgIpc) is 4.11. The number of aryl methyl sites for hydroxylation is 2. The van der Waals surface area contributed by atoms with Gasteiger partial charge in [-0.25, -0.2) is 33.1 Å². The Morgan fingerprint density at radius 1 is 0.910 bits per heavy atom. The van der Waals surface area contributed by atoms with E-state index < -0.39 is 50.9 Å². The number of sulfone groups is 1. The number of amides is 4. The van der Waals surface area contributed by atoms with Gasteiger partial charge in [0, 0.05) is 49.3 Å². The number of hydrogen-bond acceptors (Lipinski definition) is 16. The van der Waals surface area contributed by atoms with Crippen LogP contribution in [-0.4, -0.2) is 130 Å². The second kappa shape index (κ2) is 23.9. The van der Waals surface area contributed by atoms with E-state index in [1.54, 1.807) is 50.2 Å². The maximum Gasteiger partial charge on any atom is 0.407 e. The number of nitrogens with zero attached hydrogens (tertiary/aromatic N) is 7. The highest BCUT2D eigenvalue weighted by Gasteiger charge is 2.46. The van der Waals surface area contributed by atoms with Crippen molar-refractivity contribution in [3.8, 4) is 11.5 Å². The molecule has 5 atom stereocenters. The average molecular weight is 1090 g/mol. The van der Waals surface area contributed by atoms with E-state index in [1.165, 1.54) is 25.9 Å². The molecule has 2 saturated heterocycles. The number of aromatic nitrogens is 6. The molecule has 418 valence electrons. The standard InChI is InChI=1S/C56H74N12O9S/c1-33-34(2)65-66-49(33)64-50-42-27-47(78(73,74)56(4,5)6)46(28-44(42)60-32-61-50)75-25-22-36-20-23-67(24-21-36)54-58-29-40(30-59-54)77-39-26-45(52(70)62-43-19-13-17-37-14-11-12-18-41(37)43)68(31-39)53(71)48(38-15-9-8-10-16-38)63-51(69)35(3)76-55(72)57-7/h11-12,14,18,27-30,32,35-36,38-39,43,45,48H,8-10,13,15-17,19-26,31H2,1-7H3,(H,57,72)(H,62,70)(H,63,69)(H2,60,61,64,65,66)/t35?,39-,43+,45-,48?/m0/s1. The molecule has 0 spiro atoms. The Labute approximate surface area is 456 Å². The molecule has 4 aliphatic rings. The normalized spacial score (nSPS) is 20.1. The van der Waals surface area contributed by atoms with E-state index in [0.717, 1.165) is 81.0 Å². The van der Waals surface area contributed by atoms with Crippen LogP contribution in [0.3, 0.4) is 0 Å². The fraction of sp³-hybridized carbons (Fsp3) is 0.554. The largest absolute Gasteiger partial charge is 0.492 e. The molecule has 5 N–H and O–H groups in total. The molecule has 22 heteroatoms. The summed E-state index contributed by atoms with van der Waals surface area (Å²) in [7, 11) is -2.45. The maximum atomic E-state index is 14.9. The van der Waals surface area contributed by atoms with Gasteiger partial charge in [0.25, 0.3) is 5.91 Å². The smallest absolute Gasteiger partial charge is 0.407 e. The third kappa shape index (κ3) is 12.4. The van der Waals surface area contributed by atoms with Crippen LogP contribution < -0.4 is 35.6 Å². The van der Waals surface area contributed by atoms with E-state index in [2.05, 4.69) is 52.4 Å². The van der Waals surface area contributed by atoms with Crippen molar-refractivity contribution in [3.05, 3.63) is 77.5 Å². The monoisotopic (exact) mass is 1090 g/mol. The van der Waals surface area contributed by atoms with Crippen molar-refractivity contribution < 1.29 is 41.8 Å². The molecule has 78 heavy (non-hydrogen) atoms. The highest BCUT2D eigenvalue weighted by molar-refractivity contribution is 7.92. The lowest BCUT2D eigenvalue weighted by Crippen LogP contribution is -2.57. The molecule has 9 rings (SSSR count). The predicted molar refractivity (Wildman–Crippen MR) is 293 cm³/mol. The summed E-state index contributed by atoms with van der Waals surface area (Å²) in [4.78, 5) is 77.0. The van der Waals surface area contributed by atoms with Crippen LogP contribution in [0.4, 0.5) is 22.4 Å². The Balaban J connectivity index is 0.843. The minimum atomic E-state index is -3.85. The molecule has 0 bridgehead atoms. The van der Waals surface area contributed by atoms with Crippen LogP contribution in [0.5, 0.6) is 11.5 Å². The molecule has 2 aliphatic heterocycles. The SMILES string of the molecule is CNC(=O)OC(C)C(=O)NC(C(=O)N1C[C@@H](Oc2cnc(N3CCC(CCOc4cc5ncnc(Nc6n[nH]c(C)c6C)c5cc4S(=O)(=O)C(C)(C)C)CC3)nc2)C[C@H]1C(=O)N[C@@H]1CCCc2ccccc21)C1CCCCC1. The molecule has 2 aliphatic carbocycles. The number of hydrogen-bond donors (Lipinski definition) is 5. The van der Waals surface area contributed by atoms with Crippen molar-refractivity contribution in [3.63, 3.8) is 0 Å². The van der Waals surface area contributed by atoms with E-state index in [4.69, 9.17) is 24.2 Å². The van der Waals surface area contributed by atoms with Crippen molar-refractivity contribution in [2.24, 2.45) is 11.8 Å². The number of carbonyl (C=O) groups is 4. The number of fused-ring (bicyclic) bond motifs is 2. The van der Waals surface area contributed by atoms with E-state index >= 15 is 0 Å². The third-order valence-corrected chi connectivity index (χ3v) is 18.5. The van der Waals surface area contributed by atoms with Crippen molar-refractivity contribution in [2.45, 2.75) is 159 Å². The van der Waals surface area contributed by atoms with Crippen LogP contribution in [0, 0.1) is 25.7 Å². The zero-order valence-corrected chi connectivity index (χ0v) is 46.6. The number of benzene rings is 2. The maximum absolute atomic E-state index is 14.9. The fourth-order valence-corrected chi connectivity index (χ4v) is 12.5. The predicted octanol–water partition coefficient (Wildman–Crippen LogP) is 7.11. The molecule has 1 saturated carbocycles. The molecular formula is C56H74N12O9S. The summed E-state index contributed by atoms with van der Waals surface area (Å²) in [5.41, 5.74) is 4.62. The molecule has 3 aromatic heterocycles. The van der Waals surface area contributed by atoms with Crippen molar-refractivity contribution in [1.82, 2.24) is 51.0 Å². The Hall–Kier alpha value is -7.10. The Morgan fingerprint density at radius 2 is 1.65 bits per heavy atom. The van der Waals surface area contributed by atoms with Crippen LogP contribution in [-0.2, 0) is 35.4 Å². The van der Waals surface area contributed by atoms with Crippen molar-refractivity contribution >= 4 is 62.1 Å². The van der Waals surface area contributed by atoms with Crippen molar-refractivity contribution in [2.75, 3.05) is 43.5 Å². The topological polar surface area (TPSA) is 265 Å². The molecular weight excluding hydrogens is 1020 g/mol. The Kier molecular flexibility index (Phi) is 17.0. The molecule has 3 fully saturated rings. The van der Waals surface area contributed by atoms with Crippen LogP contribution in [0.1, 0.15) is 127 Å². The summed E-state index contributed by atoms with van der Waals surface area (Å²) in [6, 6.07) is 9.36. The number of rotatable bonds is 17. The second-order valence-corrected chi connectivity index (χ2v) is 24.9. The number of carbonyl (C=O) groups excluding carboxylic acids is 4.